The Morgan fingerprint density at radius 2 is 0.800 bits per heavy atom. The zero-order chi connectivity index (χ0) is 33.8. The van der Waals surface area contributed by atoms with E-state index in [4.69, 9.17) is 42.6 Å². The predicted molar refractivity (Wildman–Crippen MR) is 159 cm³/mol. The van der Waals surface area contributed by atoms with Crippen molar-refractivity contribution < 1.29 is 72.3 Å². The lowest BCUT2D eigenvalue weighted by atomic mass is 9.88. The molecule has 0 aromatic rings. The standard InChI is InChI=1S/C30H50O15/c1-5-27(34)43-18-24(31)15-37-9-12-40-21-30(8-4,22-41-13-10-38-16-25(32)19-44-28(35)6-2)23-42-14-11-39-17-26(33)20-45-29(36)7-3/h5-7,24-26,31-33H,1-3,8-23H2,4H3. The maximum atomic E-state index is 11.1. The van der Waals surface area contributed by atoms with Crippen molar-refractivity contribution in [2.24, 2.45) is 5.41 Å². The smallest absolute Gasteiger partial charge is 0.330 e. The molecular formula is C30H50O15. The summed E-state index contributed by atoms with van der Waals surface area (Å²) in [6, 6.07) is 0. The van der Waals surface area contributed by atoms with Gasteiger partial charge in [-0.15, -0.1) is 0 Å². The fourth-order valence-corrected chi connectivity index (χ4v) is 3.16. The molecule has 0 rings (SSSR count). The maximum Gasteiger partial charge on any atom is 0.330 e. The molecule has 0 aliphatic carbocycles. The Labute approximate surface area is 264 Å². The Bertz CT molecular complexity index is 732. The summed E-state index contributed by atoms with van der Waals surface area (Å²) in [5, 5.41) is 29.4. The molecule has 3 unspecified atom stereocenters. The Kier molecular flexibility index (Phi) is 25.9. The van der Waals surface area contributed by atoms with Gasteiger partial charge < -0.3 is 58.0 Å². The van der Waals surface area contributed by atoms with Crippen LogP contribution in [0.5, 0.6) is 0 Å². The largest absolute Gasteiger partial charge is 0.460 e. The summed E-state index contributed by atoms with van der Waals surface area (Å²) >= 11 is 0. The minimum absolute atomic E-state index is 0.0459. The third kappa shape index (κ3) is 24.2. The van der Waals surface area contributed by atoms with Crippen molar-refractivity contribution >= 4 is 17.9 Å². The zero-order valence-corrected chi connectivity index (χ0v) is 26.1. The highest BCUT2D eigenvalue weighted by molar-refractivity contribution is 5.81. The van der Waals surface area contributed by atoms with Crippen molar-refractivity contribution in [3.05, 3.63) is 38.0 Å². The lowest BCUT2D eigenvalue weighted by Crippen LogP contribution is -2.38. The molecule has 0 aliphatic heterocycles. The summed E-state index contributed by atoms with van der Waals surface area (Å²) in [6.45, 7) is 13.0. The lowest BCUT2D eigenvalue weighted by molar-refractivity contribution is -0.142. The van der Waals surface area contributed by atoms with E-state index < -0.39 is 41.6 Å². The van der Waals surface area contributed by atoms with Crippen molar-refractivity contribution in [3.8, 4) is 0 Å². The molecule has 0 heterocycles. The quantitative estimate of drug-likeness (QED) is 0.0384. The molecule has 0 amide bonds. The molecule has 0 aliphatic rings. The van der Waals surface area contributed by atoms with Gasteiger partial charge in [-0.25, -0.2) is 14.4 Å². The van der Waals surface area contributed by atoms with Crippen LogP contribution in [0.25, 0.3) is 0 Å². The van der Waals surface area contributed by atoms with E-state index in [2.05, 4.69) is 19.7 Å². The third-order valence-electron chi connectivity index (χ3n) is 5.78. The zero-order valence-electron chi connectivity index (χ0n) is 26.1. The van der Waals surface area contributed by atoms with E-state index in [-0.39, 0.29) is 99.1 Å². The highest BCUT2D eigenvalue weighted by Crippen LogP contribution is 2.24. The van der Waals surface area contributed by atoms with E-state index in [1.807, 2.05) is 6.92 Å². The first-order valence-corrected chi connectivity index (χ1v) is 14.5. The van der Waals surface area contributed by atoms with Gasteiger partial charge in [0.05, 0.1) is 79.3 Å². The predicted octanol–water partition coefficient (Wildman–Crippen LogP) is -0.247. The van der Waals surface area contributed by atoms with Gasteiger partial charge in [-0.1, -0.05) is 26.7 Å². The molecule has 0 radical (unpaired) electrons. The average molecular weight is 651 g/mol. The molecule has 0 bridgehead atoms. The van der Waals surface area contributed by atoms with Crippen LogP contribution in [0, 0.1) is 5.41 Å². The average Bonchev–Trinajstić information content (AvgIpc) is 3.05. The number of hydrogen-bond acceptors (Lipinski definition) is 15. The van der Waals surface area contributed by atoms with Gasteiger partial charge in [0, 0.05) is 23.6 Å². The number of ether oxygens (including phenoxy) is 9. The van der Waals surface area contributed by atoms with Crippen LogP contribution in [0.15, 0.2) is 38.0 Å². The molecule has 15 nitrogen and oxygen atoms in total. The lowest BCUT2D eigenvalue weighted by Gasteiger charge is -2.32. The molecule has 3 N–H and O–H groups in total. The van der Waals surface area contributed by atoms with Crippen LogP contribution in [0.4, 0.5) is 0 Å². The van der Waals surface area contributed by atoms with E-state index in [1.165, 1.54) is 0 Å². The SMILES string of the molecule is C=CC(=O)OCC(O)COCCOCC(CC)(COCCOCC(O)COC(=O)C=C)COCCOCC(O)COC(=O)C=C. The molecular weight excluding hydrogens is 600 g/mol. The van der Waals surface area contributed by atoms with Gasteiger partial charge in [0.25, 0.3) is 0 Å². The fraction of sp³-hybridized carbons (Fsp3) is 0.700. The van der Waals surface area contributed by atoms with Gasteiger partial charge in [0.15, 0.2) is 0 Å². The summed E-state index contributed by atoms with van der Waals surface area (Å²) in [5.74, 6) is -1.91. The van der Waals surface area contributed by atoms with Crippen LogP contribution in [-0.2, 0) is 57.0 Å². The number of hydrogen-bond donors (Lipinski definition) is 3. The van der Waals surface area contributed by atoms with E-state index in [9.17, 15) is 29.7 Å². The van der Waals surface area contributed by atoms with E-state index >= 15 is 0 Å². The fourth-order valence-electron chi connectivity index (χ4n) is 3.16. The Balaban J connectivity index is 4.60. The van der Waals surface area contributed by atoms with Crippen LogP contribution >= 0.6 is 0 Å². The summed E-state index contributed by atoms with van der Waals surface area (Å²) in [7, 11) is 0. The van der Waals surface area contributed by atoms with Crippen molar-refractivity contribution in [1.82, 2.24) is 0 Å². The van der Waals surface area contributed by atoms with Gasteiger partial charge in [-0.05, 0) is 6.42 Å². The Morgan fingerprint density at radius 1 is 0.533 bits per heavy atom. The molecule has 0 saturated heterocycles. The molecule has 0 aromatic heterocycles. The van der Waals surface area contributed by atoms with Crippen LogP contribution in [0.1, 0.15) is 13.3 Å². The minimum Gasteiger partial charge on any atom is -0.460 e. The van der Waals surface area contributed by atoms with Crippen LogP contribution < -0.4 is 0 Å². The van der Waals surface area contributed by atoms with Gasteiger partial charge in [0.1, 0.15) is 38.1 Å². The van der Waals surface area contributed by atoms with Gasteiger partial charge in [0.2, 0.25) is 0 Å². The Hall–Kier alpha value is -2.73. The molecule has 0 saturated carbocycles. The normalized spacial score (nSPS) is 14.4. The number of carbonyl (C=O) groups excluding carboxylic acids is 3. The third-order valence-corrected chi connectivity index (χ3v) is 5.78. The van der Waals surface area contributed by atoms with Gasteiger partial charge in [-0.3, -0.25) is 0 Å². The number of aliphatic hydroxyl groups is 3. The van der Waals surface area contributed by atoms with E-state index in [0.29, 0.717) is 6.42 Å². The van der Waals surface area contributed by atoms with Crippen molar-refractivity contribution in [2.75, 3.05) is 99.1 Å². The van der Waals surface area contributed by atoms with Crippen LogP contribution in [0.3, 0.4) is 0 Å². The summed E-state index contributed by atoms with van der Waals surface area (Å²) < 4.78 is 47.9. The maximum absolute atomic E-state index is 11.1. The second-order valence-electron chi connectivity index (χ2n) is 9.70. The van der Waals surface area contributed by atoms with Crippen molar-refractivity contribution in [2.45, 2.75) is 31.7 Å². The molecule has 45 heavy (non-hydrogen) atoms. The van der Waals surface area contributed by atoms with Gasteiger partial charge in [-0.2, -0.15) is 0 Å². The molecule has 3 atom stereocenters. The van der Waals surface area contributed by atoms with Crippen molar-refractivity contribution in [3.63, 3.8) is 0 Å². The van der Waals surface area contributed by atoms with E-state index in [0.717, 1.165) is 18.2 Å². The molecule has 0 aromatic carbocycles. The van der Waals surface area contributed by atoms with Gasteiger partial charge >= 0.3 is 17.9 Å². The van der Waals surface area contributed by atoms with Crippen LogP contribution in [0.2, 0.25) is 0 Å². The topological polar surface area (TPSA) is 195 Å². The summed E-state index contributed by atoms with van der Waals surface area (Å²) in [4.78, 5) is 33.2. The molecule has 15 heteroatoms. The monoisotopic (exact) mass is 650 g/mol. The highest BCUT2D eigenvalue weighted by atomic mass is 16.6. The molecule has 0 fully saturated rings. The first-order valence-electron chi connectivity index (χ1n) is 14.5. The van der Waals surface area contributed by atoms with E-state index in [1.54, 1.807) is 0 Å². The molecule has 0 spiro atoms. The number of aliphatic hydroxyl groups excluding tert-OH is 3. The molecule has 260 valence electrons. The summed E-state index contributed by atoms with van der Waals surface area (Å²) in [6.07, 6.45) is 0.682. The second kappa shape index (κ2) is 27.6. The summed E-state index contributed by atoms with van der Waals surface area (Å²) in [5.41, 5.74) is -0.546. The number of esters is 3. The highest BCUT2D eigenvalue weighted by Gasteiger charge is 2.30. The first kappa shape index (κ1) is 42.3. The first-order chi connectivity index (χ1) is 21.6. The second-order valence-corrected chi connectivity index (χ2v) is 9.70. The van der Waals surface area contributed by atoms with Crippen molar-refractivity contribution in [1.29, 1.82) is 0 Å². The Morgan fingerprint density at radius 3 is 1.04 bits per heavy atom. The number of rotatable bonds is 31. The number of carbonyl (C=O) groups is 3. The van der Waals surface area contributed by atoms with Crippen LogP contribution in [-0.4, -0.2) is 151 Å². The minimum atomic E-state index is -0.985.